The fourth-order valence-corrected chi connectivity index (χ4v) is 3.52. The first-order valence-corrected chi connectivity index (χ1v) is 13.6. The molecular weight excluding hydrogens is 488 g/mol. The van der Waals surface area contributed by atoms with Gasteiger partial charge in [-0.1, -0.05) is 108 Å². The van der Waals surface area contributed by atoms with Crippen molar-refractivity contribution >= 4 is 0 Å². The minimum absolute atomic E-state index is 0.684. The highest BCUT2D eigenvalue weighted by molar-refractivity contribution is 5.26. The van der Waals surface area contributed by atoms with E-state index >= 15 is 0 Å². The highest BCUT2D eigenvalue weighted by atomic mass is 15.2. The summed E-state index contributed by atoms with van der Waals surface area (Å²) in [4.78, 5) is 8.86. The lowest BCUT2D eigenvalue weighted by Gasteiger charge is -2.25. The maximum atomic E-state index is 3.30. The molecule has 0 fully saturated rings. The van der Waals surface area contributed by atoms with Gasteiger partial charge in [-0.3, -0.25) is 19.6 Å². The first-order chi connectivity index (χ1) is 19.5. The highest BCUT2D eigenvalue weighted by Gasteiger charge is 2.09. The van der Waals surface area contributed by atoms with Crippen molar-refractivity contribution in [1.82, 2.24) is 19.6 Å². The smallest absolute Gasteiger partial charge is 0.0608 e. The molecule has 4 nitrogen and oxygen atoms in total. The van der Waals surface area contributed by atoms with Crippen molar-refractivity contribution in [3.63, 3.8) is 0 Å². The van der Waals surface area contributed by atoms with Crippen LogP contribution in [-0.2, 0) is 13.1 Å². The van der Waals surface area contributed by atoms with E-state index in [1.807, 2.05) is 62.3 Å². The van der Waals surface area contributed by atoms with E-state index in [1.165, 1.54) is 11.1 Å². The Bertz CT molecular complexity index is 1170. The van der Waals surface area contributed by atoms with Gasteiger partial charge >= 0.3 is 0 Å². The summed E-state index contributed by atoms with van der Waals surface area (Å²) in [6, 6.07) is 21.1. The van der Waals surface area contributed by atoms with Crippen LogP contribution >= 0.6 is 0 Å². The number of benzene rings is 2. The molecular formula is C36H42N4. The molecule has 2 aromatic rings. The molecule has 206 valence electrons. The maximum absolute atomic E-state index is 3.30. The molecule has 40 heavy (non-hydrogen) atoms. The Morgan fingerprint density at radius 2 is 0.800 bits per heavy atom. The van der Waals surface area contributed by atoms with Gasteiger partial charge in [0.05, 0.1) is 26.2 Å². The second kappa shape index (κ2) is 20.9. The third kappa shape index (κ3) is 16.8. The topological polar surface area (TPSA) is 13.0 Å². The molecule has 0 N–H and O–H groups in total. The van der Waals surface area contributed by atoms with Gasteiger partial charge in [-0.25, -0.2) is 0 Å². The van der Waals surface area contributed by atoms with Gasteiger partial charge in [0.2, 0.25) is 0 Å². The van der Waals surface area contributed by atoms with E-state index in [1.54, 1.807) is 0 Å². The summed E-state index contributed by atoms with van der Waals surface area (Å²) >= 11 is 0. The highest BCUT2D eigenvalue weighted by Crippen LogP contribution is 2.07. The monoisotopic (exact) mass is 530 g/mol. The minimum atomic E-state index is 0.684. The lowest BCUT2D eigenvalue weighted by molar-refractivity contribution is 0.221. The van der Waals surface area contributed by atoms with Crippen LogP contribution in [0.5, 0.6) is 0 Å². The van der Waals surface area contributed by atoms with Gasteiger partial charge < -0.3 is 0 Å². The van der Waals surface area contributed by atoms with Crippen LogP contribution in [0, 0.1) is 47.4 Å². The SMILES string of the molecule is CN(C)CC#C/C=C/C#CCN(CCN(CC#C/C=C/C#CCN(C)C)Cc1ccccc1)Cc1ccccc1. The average molecular weight is 531 g/mol. The van der Waals surface area contributed by atoms with Crippen molar-refractivity contribution in [2.75, 3.05) is 67.5 Å². The van der Waals surface area contributed by atoms with Gasteiger partial charge in [-0.05, 0) is 63.6 Å². The third-order valence-corrected chi connectivity index (χ3v) is 5.53. The van der Waals surface area contributed by atoms with Crippen LogP contribution in [0.15, 0.2) is 85.0 Å². The molecule has 0 bridgehead atoms. The Morgan fingerprint density at radius 1 is 0.475 bits per heavy atom. The van der Waals surface area contributed by atoms with Gasteiger partial charge in [0, 0.05) is 26.2 Å². The summed E-state index contributed by atoms with van der Waals surface area (Å²) in [5.41, 5.74) is 2.56. The van der Waals surface area contributed by atoms with E-state index in [0.717, 1.165) is 39.3 Å². The number of hydrogen-bond acceptors (Lipinski definition) is 4. The standard InChI is InChI=1S/C36H42N4/c1-37(2)27-19-9-5-7-11-21-29-39(33-35-23-15-13-16-24-35)31-32-40(34-36-25-17-14-18-26-36)30-22-12-8-6-10-20-28-38(3)4/h5-8,13-18,23-26H,27-34H2,1-4H3/b7-5+,8-6+. The Kier molecular flexibility index (Phi) is 16.8. The van der Waals surface area contributed by atoms with Crippen LogP contribution in [0.1, 0.15) is 11.1 Å². The Morgan fingerprint density at radius 3 is 1.12 bits per heavy atom. The fourth-order valence-electron chi connectivity index (χ4n) is 3.52. The predicted octanol–water partition coefficient (Wildman–Crippen LogP) is 4.24. The Balaban J connectivity index is 2.04. The summed E-state index contributed by atoms with van der Waals surface area (Å²) in [5, 5.41) is 0. The first-order valence-electron chi connectivity index (χ1n) is 13.6. The summed E-state index contributed by atoms with van der Waals surface area (Å²) in [7, 11) is 8.03. The molecule has 0 spiro atoms. The quantitative estimate of drug-likeness (QED) is 0.403. The summed E-state index contributed by atoms with van der Waals surface area (Å²) in [6.07, 6.45) is 7.30. The molecule has 2 aromatic carbocycles. The van der Waals surface area contributed by atoms with E-state index in [0.29, 0.717) is 13.1 Å². The first kappa shape index (κ1) is 32.2. The van der Waals surface area contributed by atoms with Gasteiger partial charge in [0.15, 0.2) is 0 Å². The van der Waals surface area contributed by atoms with Crippen LogP contribution in [0.3, 0.4) is 0 Å². The van der Waals surface area contributed by atoms with Crippen LogP contribution in [0.25, 0.3) is 0 Å². The molecule has 0 heterocycles. The summed E-state index contributed by atoms with van der Waals surface area (Å²) < 4.78 is 0. The fraction of sp³-hybridized carbons (Fsp3) is 0.333. The van der Waals surface area contributed by atoms with Crippen molar-refractivity contribution in [3.05, 3.63) is 96.1 Å². The third-order valence-electron chi connectivity index (χ3n) is 5.53. The van der Waals surface area contributed by atoms with E-state index in [4.69, 9.17) is 0 Å². The second-order valence-corrected chi connectivity index (χ2v) is 9.82. The number of hydrogen-bond donors (Lipinski definition) is 0. The molecule has 0 amide bonds. The summed E-state index contributed by atoms with van der Waals surface area (Å²) in [5.74, 6) is 25.1. The molecule has 0 unspecified atom stereocenters. The van der Waals surface area contributed by atoms with E-state index in [2.05, 4.69) is 118 Å². The molecule has 0 atom stereocenters. The predicted molar refractivity (Wildman–Crippen MR) is 170 cm³/mol. The van der Waals surface area contributed by atoms with Gasteiger partial charge in [0.25, 0.3) is 0 Å². The molecule has 0 aliphatic heterocycles. The molecule has 0 aliphatic rings. The normalized spacial score (nSPS) is 10.7. The number of rotatable bonds is 11. The molecule has 0 aromatic heterocycles. The Hall–Kier alpha value is -4.00. The van der Waals surface area contributed by atoms with Crippen LogP contribution in [0.4, 0.5) is 0 Å². The molecule has 0 aliphatic carbocycles. The second-order valence-electron chi connectivity index (χ2n) is 9.82. The zero-order valence-corrected chi connectivity index (χ0v) is 24.5. The van der Waals surface area contributed by atoms with Crippen LogP contribution < -0.4 is 0 Å². The van der Waals surface area contributed by atoms with Crippen LogP contribution in [0.2, 0.25) is 0 Å². The van der Waals surface area contributed by atoms with Crippen molar-refractivity contribution in [1.29, 1.82) is 0 Å². The zero-order chi connectivity index (χ0) is 28.7. The largest absolute Gasteiger partial charge is 0.299 e. The van der Waals surface area contributed by atoms with Crippen molar-refractivity contribution in [2.24, 2.45) is 0 Å². The molecule has 0 saturated heterocycles. The van der Waals surface area contributed by atoms with Crippen molar-refractivity contribution < 1.29 is 0 Å². The zero-order valence-electron chi connectivity index (χ0n) is 24.5. The number of allylic oxidation sites excluding steroid dienone is 4. The van der Waals surface area contributed by atoms with Gasteiger partial charge in [-0.15, -0.1) is 0 Å². The molecule has 0 saturated carbocycles. The Labute approximate surface area is 243 Å². The molecule has 4 heteroatoms. The summed E-state index contributed by atoms with van der Waals surface area (Å²) in [6.45, 7) is 6.32. The van der Waals surface area contributed by atoms with Gasteiger partial charge in [0.1, 0.15) is 0 Å². The average Bonchev–Trinajstić information content (AvgIpc) is 2.94. The molecule has 2 rings (SSSR count). The maximum Gasteiger partial charge on any atom is 0.0608 e. The van der Waals surface area contributed by atoms with Crippen LogP contribution in [-0.4, -0.2) is 87.1 Å². The number of nitrogens with zero attached hydrogens (tertiary/aromatic N) is 4. The van der Waals surface area contributed by atoms with Crippen molar-refractivity contribution in [2.45, 2.75) is 13.1 Å². The minimum Gasteiger partial charge on any atom is -0.299 e. The van der Waals surface area contributed by atoms with Crippen molar-refractivity contribution in [3.8, 4) is 47.4 Å². The van der Waals surface area contributed by atoms with E-state index < -0.39 is 0 Å². The van der Waals surface area contributed by atoms with Gasteiger partial charge in [-0.2, -0.15) is 0 Å². The van der Waals surface area contributed by atoms with E-state index in [-0.39, 0.29) is 0 Å². The van der Waals surface area contributed by atoms with E-state index in [9.17, 15) is 0 Å². The lowest BCUT2D eigenvalue weighted by Crippen LogP contribution is -2.35. The molecule has 0 radical (unpaired) electrons. The lowest BCUT2D eigenvalue weighted by atomic mass is 10.2.